The Balaban J connectivity index is 0.00000121. The summed E-state index contributed by atoms with van der Waals surface area (Å²) < 4.78 is 28.1. The topological polar surface area (TPSA) is 86.3 Å². The van der Waals surface area contributed by atoms with E-state index in [1.165, 1.54) is 20.0 Å². The molecule has 1 unspecified atom stereocenters. The van der Waals surface area contributed by atoms with Crippen LogP contribution in [-0.4, -0.2) is 74.3 Å². The Labute approximate surface area is 250 Å². The zero-order valence-electron chi connectivity index (χ0n) is 22.4. The average molecular weight is 654 g/mol. The molecule has 2 aromatic carbocycles. The molecular weight excluding hydrogens is 614 g/mol. The van der Waals surface area contributed by atoms with Gasteiger partial charge in [-0.1, -0.05) is 108 Å². The molecule has 4 radical (unpaired) electrons. The minimum atomic E-state index is -1.38. The van der Waals surface area contributed by atoms with Crippen LogP contribution in [0.3, 0.4) is 0 Å². The molecule has 9 heteroatoms. The van der Waals surface area contributed by atoms with Crippen molar-refractivity contribution in [1.29, 1.82) is 0 Å². The number of fused-ring (bicyclic) bond motifs is 1. The third-order valence-corrected chi connectivity index (χ3v) is 5.55. The van der Waals surface area contributed by atoms with Crippen molar-refractivity contribution in [3.63, 3.8) is 0 Å². The molecule has 2 heterocycles. The zero-order chi connectivity index (χ0) is 26.3. The van der Waals surface area contributed by atoms with Crippen molar-refractivity contribution >= 4 is 29.9 Å². The average Bonchev–Trinajstić information content (AvgIpc) is 2.95. The first-order valence-corrected chi connectivity index (χ1v) is 12.5. The van der Waals surface area contributed by atoms with Gasteiger partial charge in [-0.15, -0.1) is 0 Å². The van der Waals surface area contributed by atoms with Crippen LogP contribution >= 0.6 is 0 Å². The number of benzene rings is 2. The minimum absolute atomic E-state index is 0. The first-order chi connectivity index (χ1) is 17.5. The van der Waals surface area contributed by atoms with Gasteiger partial charge in [-0.25, -0.2) is 4.79 Å². The molecule has 208 valence electrons. The van der Waals surface area contributed by atoms with Crippen LogP contribution in [0.15, 0.2) is 60.7 Å². The summed E-state index contributed by atoms with van der Waals surface area (Å²) in [7, 11) is 1.40. The smallest absolute Gasteiger partial charge is 1.00 e. The van der Waals surface area contributed by atoms with Crippen LogP contribution in [0.4, 0.5) is 0 Å². The molecule has 2 fully saturated rings. The molecule has 0 aromatic heterocycles. The maximum Gasteiger partial charge on any atom is 2.00 e. The zero-order valence-corrected chi connectivity index (χ0v) is 26.0. The van der Waals surface area contributed by atoms with Crippen molar-refractivity contribution in [1.82, 2.24) is 0 Å². The number of carbonyl (C=O) groups is 1. The molecule has 2 aliphatic rings. The Morgan fingerprint density at radius 3 is 2.00 bits per heavy atom. The Morgan fingerprint density at radius 2 is 1.50 bits per heavy atom. The summed E-state index contributed by atoms with van der Waals surface area (Å²) in [6, 6.07) is 17.8. The van der Waals surface area contributed by atoms with Gasteiger partial charge in [0, 0.05) is 12.7 Å². The van der Waals surface area contributed by atoms with Crippen molar-refractivity contribution in [3.8, 4) is 0 Å². The predicted octanol–water partition coefficient (Wildman–Crippen LogP) is 1.29. The fraction of sp³-hybridized carbons (Fsp3) is 0.483. The second-order valence-electron chi connectivity index (χ2n) is 8.36. The molecule has 2 aliphatic heterocycles. The molecule has 0 aliphatic carbocycles. The third kappa shape index (κ3) is 11.1. The molecule has 2 saturated heterocycles. The third-order valence-electron chi connectivity index (χ3n) is 5.55. The van der Waals surface area contributed by atoms with Gasteiger partial charge in [0.25, 0.3) is 0 Å². The maximum absolute atomic E-state index is 13.1. The second-order valence-corrected chi connectivity index (χ2v) is 8.36. The minimum Gasteiger partial charge on any atom is -1.00 e. The quantitative estimate of drug-likeness (QED) is 0.343. The molecule has 6 atom stereocenters. The van der Waals surface area contributed by atoms with E-state index in [2.05, 4.69) is 27.7 Å². The van der Waals surface area contributed by atoms with Gasteiger partial charge >= 0.3 is 29.9 Å². The first-order valence-electron chi connectivity index (χ1n) is 12.5. The number of halogens is 1. The summed E-state index contributed by atoms with van der Waals surface area (Å²) in [5.41, 5.74) is 1.15. The van der Waals surface area contributed by atoms with E-state index in [4.69, 9.17) is 23.7 Å². The van der Waals surface area contributed by atoms with Crippen LogP contribution in [0.1, 0.15) is 61.7 Å². The molecular formula is C29H39ClO7Sn. The number of ether oxygens (including phenoxy) is 5. The van der Waals surface area contributed by atoms with Gasteiger partial charge in [0.2, 0.25) is 0 Å². The van der Waals surface area contributed by atoms with Crippen LogP contribution in [-0.2, 0) is 23.7 Å². The van der Waals surface area contributed by atoms with E-state index in [1.54, 1.807) is 30.3 Å². The first kappa shape index (κ1) is 36.8. The summed E-state index contributed by atoms with van der Waals surface area (Å²) in [5, 5.41) is 13.1. The normalized spacial score (nSPS) is 25.4. The number of esters is 1. The van der Waals surface area contributed by atoms with Crippen LogP contribution < -0.4 is 17.5 Å². The molecule has 2 aromatic rings. The Morgan fingerprint density at radius 1 is 0.974 bits per heavy atom. The van der Waals surface area contributed by atoms with Crippen molar-refractivity contribution < 1.29 is 46.0 Å². The number of rotatable bonds is 6. The van der Waals surface area contributed by atoms with Crippen molar-refractivity contribution in [2.24, 2.45) is 0 Å². The number of hydrogen-bond donors (Lipinski definition) is 0. The summed E-state index contributed by atoms with van der Waals surface area (Å²) in [6.45, 7) is 11.6. The summed E-state index contributed by atoms with van der Waals surface area (Å²) in [5.74, 6) is -0.609. The molecule has 7 nitrogen and oxygen atoms in total. The Bertz CT molecular complexity index is 851. The van der Waals surface area contributed by atoms with Crippen molar-refractivity contribution in [3.05, 3.63) is 85.6 Å². The fourth-order valence-electron chi connectivity index (χ4n) is 3.41. The molecule has 0 spiro atoms. The van der Waals surface area contributed by atoms with E-state index < -0.39 is 43.0 Å². The van der Waals surface area contributed by atoms with Crippen LogP contribution in [0.5, 0.6) is 0 Å². The van der Waals surface area contributed by atoms with Crippen LogP contribution in [0.2, 0.25) is 0 Å². The largest absolute Gasteiger partial charge is 2.00 e. The number of carbonyl (C=O) groups excluding carboxylic acids is 1. The van der Waals surface area contributed by atoms with Gasteiger partial charge in [-0.3, -0.25) is 0 Å². The predicted molar refractivity (Wildman–Crippen MR) is 141 cm³/mol. The van der Waals surface area contributed by atoms with E-state index in [-0.39, 0.29) is 42.9 Å². The maximum atomic E-state index is 13.1. The number of methoxy groups -OCH3 is 1. The van der Waals surface area contributed by atoms with Crippen molar-refractivity contribution in [2.45, 2.75) is 76.5 Å². The molecule has 0 N–H and O–H groups in total. The van der Waals surface area contributed by atoms with Crippen LogP contribution in [0, 0.1) is 13.8 Å². The Hall–Kier alpha value is -1.20. The van der Waals surface area contributed by atoms with Gasteiger partial charge in [-0.2, -0.15) is 0 Å². The van der Waals surface area contributed by atoms with Crippen molar-refractivity contribution in [2.75, 3.05) is 13.7 Å². The van der Waals surface area contributed by atoms with E-state index in [0.717, 1.165) is 18.4 Å². The Kier molecular flexibility index (Phi) is 20.0. The second kappa shape index (κ2) is 20.7. The molecule has 38 heavy (non-hydrogen) atoms. The summed E-state index contributed by atoms with van der Waals surface area (Å²) >= 11 is 0. The molecule has 4 rings (SSSR count). The van der Waals surface area contributed by atoms with Gasteiger partial charge in [0.15, 0.2) is 12.6 Å². The number of unbranched alkanes of at least 4 members (excludes halogenated alkanes) is 2. The van der Waals surface area contributed by atoms with Gasteiger partial charge in [-0.05, 0) is 12.1 Å². The van der Waals surface area contributed by atoms with E-state index in [0.29, 0.717) is 5.56 Å². The molecule has 0 bridgehead atoms. The SMILES string of the molecule is CO[C@H]1O[C@@H]2COC(c3ccccc3)O[C@H]2[C@H]([O-])[C@H]1OC(=O)c1ccccc1.[CH2]CCC.[CH2]CCC.[Cl-].[Sn+2]. The monoisotopic (exact) mass is 654 g/mol. The molecule has 0 amide bonds. The van der Waals surface area contributed by atoms with E-state index >= 15 is 0 Å². The molecule has 0 saturated carbocycles. The van der Waals surface area contributed by atoms with Gasteiger partial charge in [0.1, 0.15) is 12.2 Å². The van der Waals surface area contributed by atoms with Crippen LogP contribution in [0.25, 0.3) is 0 Å². The van der Waals surface area contributed by atoms with Gasteiger partial charge in [0.05, 0.1) is 18.3 Å². The van der Waals surface area contributed by atoms with E-state index in [1.807, 2.05) is 30.3 Å². The summed E-state index contributed by atoms with van der Waals surface area (Å²) in [6.07, 6.45) is -1.07. The fourth-order valence-corrected chi connectivity index (χ4v) is 3.41. The van der Waals surface area contributed by atoms with E-state index in [9.17, 15) is 9.90 Å². The van der Waals surface area contributed by atoms with Gasteiger partial charge < -0.3 is 41.2 Å². The number of hydrogen-bond acceptors (Lipinski definition) is 7. The summed E-state index contributed by atoms with van der Waals surface area (Å²) in [4.78, 5) is 12.4. The standard InChI is InChI=1S/C21H21O7.2C4H9.ClH.Sn/c1-24-21-18(27-19(23)13-8-4-2-5-9-13)16(22)17-15(26-21)12-25-20(28-17)14-10-6-3-7-11-14;2*1-3-4-2;;/h2-11,15-18,20-21H,12H2,1H3;2*1,3-4H2,2H3;1H;/q-1;;;;+2/p-1/t15-,16+,17-,18-,20?,21+;;;;/m1..../s1.